The van der Waals surface area contributed by atoms with Crippen LogP contribution < -0.4 is 19.5 Å². The molecule has 0 aliphatic rings. The highest BCUT2D eigenvalue weighted by atomic mass is 35.5. The van der Waals surface area contributed by atoms with E-state index in [1.165, 1.54) is 12.3 Å². The summed E-state index contributed by atoms with van der Waals surface area (Å²) in [6.07, 6.45) is 3.21. The van der Waals surface area contributed by atoms with Crippen molar-refractivity contribution < 1.29 is 28.9 Å². The lowest BCUT2D eigenvalue weighted by Crippen LogP contribution is -2.23. The van der Waals surface area contributed by atoms with Gasteiger partial charge in [-0.15, -0.1) is 0 Å². The van der Waals surface area contributed by atoms with E-state index in [0.29, 0.717) is 54.2 Å². The van der Waals surface area contributed by atoms with E-state index in [1.54, 1.807) is 18.3 Å². The van der Waals surface area contributed by atoms with Crippen LogP contribution in [0.25, 0.3) is 11.1 Å². The predicted molar refractivity (Wildman–Crippen MR) is 157 cm³/mol. The maximum Gasteiger partial charge on any atom is 0.404 e. The van der Waals surface area contributed by atoms with E-state index in [0.717, 1.165) is 22.3 Å². The van der Waals surface area contributed by atoms with E-state index in [2.05, 4.69) is 10.3 Å². The van der Waals surface area contributed by atoms with Crippen molar-refractivity contribution in [2.45, 2.75) is 26.6 Å². The number of pyridine rings is 1. The maximum absolute atomic E-state index is 11.7. The van der Waals surface area contributed by atoms with Gasteiger partial charge in [0.15, 0.2) is 6.29 Å². The van der Waals surface area contributed by atoms with Gasteiger partial charge in [-0.2, -0.15) is 5.26 Å². The SMILES string of the molecule is Cc1c(COc2cc(OCc3cncc(C#N)c3)c(C=O)cc2Cl)cccc1-c1cccc(OCCCNC(=O)O)c1. The smallest absolute Gasteiger partial charge is 0.404 e. The highest BCUT2D eigenvalue weighted by Gasteiger charge is 2.14. The molecule has 0 saturated heterocycles. The lowest BCUT2D eigenvalue weighted by molar-refractivity contribution is 0.111. The van der Waals surface area contributed by atoms with Crippen molar-refractivity contribution in [2.24, 2.45) is 0 Å². The molecule has 0 saturated carbocycles. The van der Waals surface area contributed by atoms with Crippen molar-refractivity contribution in [3.63, 3.8) is 0 Å². The summed E-state index contributed by atoms with van der Waals surface area (Å²) in [6.45, 7) is 3.04. The van der Waals surface area contributed by atoms with Crippen molar-refractivity contribution in [1.29, 1.82) is 5.26 Å². The summed E-state index contributed by atoms with van der Waals surface area (Å²) in [4.78, 5) is 26.3. The summed E-state index contributed by atoms with van der Waals surface area (Å²) >= 11 is 6.43. The Morgan fingerprint density at radius 3 is 2.64 bits per heavy atom. The second kappa shape index (κ2) is 14.5. The first kappa shape index (κ1) is 29.9. The average Bonchev–Trinajstić information content (AvgIpc) is 3.00. The molecule has 214 valence electrons. The molecule has 4 rings (SSSR count). The first-order valence-electron chi connectivity index (χ1n) is 13.0. The largest absolute Gasteiger partial charge is 0.494 e. The minimum Gasteiger partial charge on any atom is -0.494 e. The Balaban J connectivity index is 1.45. The fourth-order valence-electron chi connectivity index (χ4n) is 4.19. The van der Waals surface area contributed by atoms with Gasteiger partial charge in [-0.3, -0.25) is 9.78 Å². The monoisotopic (exact) mass is 585 g/mol. The number of aldehydes is 1. The summed E-state index contributed by atoms with van der Waals surface area (Å²) < 4.78 is 17.8. The van der Waals surface area contributed by atoms with Gasteiger partial charge >= 0.3 is 6.09 Å². The fraction of sp³-hybridized carbons (Fsp3) is 0.188. The maximum atomic E-state index is 11.7. The van der Waals surface area contributed by atoms with E-state index in [-0.39, 0.29) is 23.8 Å². The Kier molecular flexibility index (Phi) is 10.3. The van der Waals surface area contributed by atoms with Gasteiger partial charge in [0.25, 0.3) is 0 Å². The Bertz CT molecular complexity index is 1620. The second-order valence-corrected chi connectivity index (χ2v) is 9.67. The van der Waals surface area contributed by atoms with Gasteiger partial charge in [0, 0.05) is 30.6 Å². The Labute approximate surface area is 248 Å². The fourth-order valence-corrected chi connectivity index (χ4v) is 4.41. The number of benzene rings is 3. The van der Waals surface area contributed by atoms with Crippen LogP contribution in [0.15, 0.2) is 73.1 Å². The molecule has 0 aliphatic heterocycles. The number of hydrogen-bond donors (Lipinski definition) is 2. The second-order valence-electron chi connectivity index (χ2n) is 9.26. The number of nitriles is 1. The lowest BCUT2D eigenvalue weighted by atomic mass is 9.96. The molecule has 0 fully saturated rings. The highest BCUT2D eigenvalue weighted by molar-refractivity contribution is 6.32. The normalized spacial score (nSPS) is 10.4. The molecule has 0 atom stereocenters. The van der Waals surface area contributed by atoms with Crippen molar-refractivity contribution in [1.82, 2.24) is 10.3 Å². The van der Waals surface area contributed by atoms with E-state index >= 15 is 0 Å². The van der Waals surface area contributed by atoms with Crippen LogP contribution in [-0.4, -0.2) is 35.6 Å². The lowest BCUT2D eigenvalue weighted by Gasteiger charge is -2.16. The minimum absolute atomic E-state index is 0.105. The summed E-state index contributed by atoms with van der Waals surface area (Å²) in [5.41, 5.74) is 5.30. The third-order valence-electron chi connectivity index (χ3n) is 6.35. The van der Waals surface area contributed by atoms with Crippen LogP contribution in [0.3, 0.4) is 0 Å². The first-order valence-corrected chi connectivity index (χ1v) is 13.4. The van der Waals surface area contributed by atoms with Crippen LogP contribution >= 0.6 is 11.6 Å². The molecule has 4 aromatic rings. The Morgan fingerprint density at radius 2 is 1.86 bits per heavy atom. The third-order valence-corrected chi connectivity index (χ3v) is 6.65. The number of nitrogens with zero attached hydrogens (tertiary/aromatic N) is 2. The number of ether oxygens (including phenoxy) is 3. The molecule has 0 bridgehead atoms. The van der Waals surface area contributed by atoms with Crippen molar-refractivity contribution in [3.05, 3.63) is 106 Å². The topological polar surface area (TPSA) is 131 Å². The minimum atomic E-state index is -1.05. The zero-order valence-electron chi connectivity index (χ0n) is 22.8. The van der Waals surface area contributed by atoms with E-state index in [9.17, 15) is 9.59 Å². The number of hydrogen-bond acceptors (Lipinski definition) is 7. The van der Waals surface area contributed by atoms with Crippen molar-refractivity contribution in [2.75, 3.05) is 13.2 Å². The summed E-state index contributed by atoms with van der Waals surface area (Å²) in [5, 5.41) is 20.4. The van der Waals surface area contributed by atoms with Gasteiger partial charge in [0.05, 0.1) is 22.8 Å². The number of halogens is 1. The van der Waals surface area contributed by atoms with E-state index in [1.807, 2.05) is 55.5 Å². The predicted octanol–water partition coefficient (Wildman–Crippen LogP) is 6.59. The Hall–Kier alpha value is -5.07. The third kappa shape index (κ3) is 7.99. The van der Waals surface area contributed by atoms with Gasteiger partial charge in [-0.25, -0.2) is 4.79 Å². The number of amides is 1. The zero-order valence-corrected chi connectivity index (χ0v) is 23.6. The summed E-state index contributed by atoms with van der Waals surface area (Å²) in [5.74, 6) is 1.35. The average molecular weight is 586 g/mol. The molecule has 1 amide bonds. The summed E-state index contributed by atoms with van der Waals surface area (Å²) in [6, 6.07) is 20.4. The number of nitrogens with one attached hydrogen (secondary N) is 1. The molecule has 10 heteroatoms. The molecule has 1 heterocycles. The van der Waals surface area contributed by atoms with Crippen LogP contribution in [0.2, 0.25) is 5.02 Å². The number of rotatable bonds is 13. The summed E-state index contributed by atoms with van der Waals surface area (Å²) in [7, 11) is 0. The molecule has 42 heavy (non-hydrogen) atoms. The molecular formula is C32H28ClN3O6. The molecule has 2 N–H and O–H groups in total. The molecule has 9 nitrogen and oxygen atoms in total. The standard InChI is InChI=1S/C32H28ClN3O6/c1-21-25(6-3-8-28(21)24-5-2-7-27(12-24)40-10-4-9-36-32(38)39)20-42-31-14-30(26(18-37)13-29(31)33)41-19-23-11-22(15-34)16-35-17-23/h2-3,5-8,11-14,16-18,36H,4,9-10,19-20H2,1H3,(H,38,39). The molecule has 0 aliphatic carbocycles. The van der Waals surface area contributed by atoms with E-state index < -0.39 is 6.09 Å². The van der Waals surface area contributed by atoms with Crippen LogP contribution in [0.1, 0.15) is 39.0 Å². The number of aromatic nitrogens is 1. The molecule has 0 spiro atoms. The Morgan fingerprint density at radius 1 is 1.05 bits per heavy atom. The molecule has 0 unspecified atom stereocenters. The number of carbonyl (C=O) groups excluding carboxylic acids is 1. The number of carbonyl (C=O) groups is 2. The zero-order chi connectivity index (χ0) is 29.9. The van der Waals surface area contributed by atoms with Gasteiger partial charge in [0.2, 0.25) is 0 Å². The van der Waals surface area contributed by atoms with Crippen molar-refractivity contribution in [3.8, 4) is 34.4 Å². The van der Waals surface area contributed by atoms with Gasteiger partial charge in [-0.1, -0.05) is 41.9 Å². The highest BCUT2D eigenvalue weighted by Crippen LogP contribution is 2.34. The van der Waals surface area contributed by atoms with Crippen LogP contribution in [-0.2, 0) is 13.2 Å². The quantitative estimate of drug-likeness (QED) is 0.133. The van der Waals surface area contributed by atoms with Crippen LogP contribution in [0.5, 0.6) is 17.2 Å². The van der Waals surface area contributed by atoms with Crippen LogP contribution in [0, 0.1) is 18.3 Å². The first-order chi connectivity index (χ1) is 20.4. The van der Waals surface area contributed by atoms with Gasteiger partial charge in [0.1, 0.15) is 36.5 Å². The molecule has 1 aromatic heterocycles. The molecular weight excluding hydrogens is 558 g/mol. The molecule has 0 radical (unpaired) electrons. The number of carboxylic acid groups (broad SMARTS) is 1. The van der Waals surface area contributed by atoms with Crippen molar-refractivity contribution >= 4 is 24.0 Å². The van der Waals surface area contributed by atoms with E-state index in [4.69, 9.17) is 36.2 Å². The van der Waals surface area contributed by atoms with Crippen LogP contribution in [0.4, 0.5) is 4.79 Å². The van der Waals surface area contributed by atoms with Gasteiger partial charge < -0.3 is 24.6 Å². The molecule has 3 aromatic carbocycles. The van der Waals surface area contributed by atoms with Gasteiger partial charge in [-0.05, 0) is 59.9 Å².